The highest BCUT2D eigenvalue weighted by molar-refractivity contribution is 5.25. The first-order valence-corrected chi connectivity index (χ1v) is 7.04. The fourth-order valence-corrected chi connectivity index (χ4v) is 2.21. The lowest BCUT2D eigenvalue weighted by molar-refractivity contribution is 0.198. The molecule has 0 radical (unpaired) electrons. The summed E-state index contributed by atoms with van der Waals surface area (Å²) in [5.74, 6) is 0.627. The van der Waals surface area contributed by atoms with Gasteiger partial charge in [-0.05, 0) is 24.8 Å². The number of hydrogen-bond donors (Lipinski definition) is 1. The summed E-state index contributed by atoms with van der Waals surface area (Å²) in [6.07, 6.45) is 3.82. The fraction of sp³-hybridized carbons (Fsp3) is 0.625. The average molecular weight is 249 g/mol. The van der Waals surface area contributed by atoms with E-state index >= 15 is 0 Å². The molecular weight excluding hydrogens is 222 g/mol. The predicted molar refractivity (Wildman–Crippen MR) is 78.2 cm³/mol. The highest BCUT2D eigenvalue weighted by Crippen LogP contribution is 2.22. The first-order valence-electron chi connectivity index (χ1n) is 7.04. The minimum atomic E-state index is 0.627. The number of benzene rings is 1. The first kappa shape index (κ1) is 15.2. The van der Waals surface area contributed by atoms with Crippen molar-refractivity contribution in [1.82, 2.24) is 5.32 Å². The van der Waals surface area contributed by atoms with E-state index in [4.69, 9.17) is 4.74 Å². The van der Waals surface area contributed by atoms with Crippen LogP contribution in [0.2, 0.25) is 0 Å². The van der Waals surface area contributed by atoms with Crippen LogP contribution in [-0.4, -0.2) is 26.8 Å². The first-order chi connectivity index (χ1) is 8.77. The zero-order chi connectivity index (χ0) is 13.2. The fourth-order valence-electron chi connectivity index (χ4n) is 2.21. The van der Waals surface area contributed by atoms with Gasteiger partial charge in [-0.25, -0.2) is 0 Å². The highest BCUT2D eigenvalue weighted by atomic mass is 16.5. The maximum absolute atomic E-state index is 5.07. The lowest BCUT2D eigenvalue weighted by atomic mass is 9.92. The quantitative estimate of drug-likeness (QED) is 0.676. The van der Waals surface area contributed by atoms with Gasteiger partial charge < -0.3 is 10.1 Å². The smallest absolute Gasteiger partial charge is 0.0587 e. The molecule has 1 atom stereocenters. The van der Waals surface area contributed by atoms with Gasteiger partial charge in [0.05, 0.1) is 6.61 Å². The van der Waals surface area contributed by atoms with Crippen LogP contribution in [0.25, 0.3) is 0 Å². The summed E-state index contributed by atoms with van der Waals surface area (Å²) in [5.41, 5.74) is 2.82. The molecule has 0 saturated heterocycles. The molecule has 2 heteroatoms. The topological polar surface area (TPSA) is 21.3 Å². The van der Waals surface area contributed by atoms with E-state index in [1.165, 1.54) is 30.4 Å². The van der Waals surface area contributed by atoms with Gasteiger partial charge in [0.25, 0.3) is 0 Å². The summed E-state index contributed by atoms with van der Waals surface area (Å²) < 4.78 is 5.07. The normalized spacial score (nSPS) is 12.6. The van der Waals surface area contributed by atoms with Gasteiger partial charge in [0.15, 0.2) is 0 Å². The summed E-state index contributed by atoms with van der Waals surface area (Å²) in [5, 5.41) is 3.49. The van der Waals surface area contributed by atoms with E-state index in [2.05, 4.69) is 43.4 Å². The second-order valence-electron chi connectivity index (χ2n) is 4.95. The molecule has 1 aromatic rings. The molecule has 0 aliphatic heterocycles. The second-order valence-corrected chi connectivity index (χ2v) is 4.95. The van der Waals surface area contributed by atoms with E-state index in [0.29, 0.717) is 5.92 Å². The molecule has 0 aliphatic carbocycles. The van der Waals surface area contributed by atoms with Crippen molar-refractivity contribution in [2.75, 3.05) is 26.8 Å². The number of methoxy groups -OCH3 is 1. The molecule has 0 spiro atoms. The molecule has 0 heterocycles. The van der Waals surface area contributed by atoms with Crippen LogP contribution in [-0.2, 0) is 4.74 Å². The monoisotopic (exact) mass is 249 g/mol. The van der Waals surface area contributed by atoms with E-state index in [1.54, 1.807) is 7.11 Å². The maximum atomic E-state index is 5.07. The Kier molecular flexibility index (Phi) is 7.70. The molecule has 2 nitrogen and oxygen atoms in total. The Morgan fingerprint density at radius 1 is 1.33 bits per heavy atom. The van der Waals surface area contributed by atoms with E-state index in [0.717, 1.165) is 19.7 Å². The van der Waals surface area contributed by atoms with Crippen LogP contribution in [0.15, 0.2) is 24.3 Å². The molecule has 1 aromatic carbocycles. The van der Waals surface area contributed by atoms with E-state index in [-0.39, 0.29) is 0 Å². The van der Waals surface area contributed by atoms with Crippen molar-refractivity contribution in [3.05, 3.63) is 35.4 Å². The van der Waals surface area contributed by atoms with Gasteiger partial charge in [-0.15, -0.1) is 0 Å². The Balaban J connectivity index is 2.54. The Labute approximate surface area is 112 Å². The number of unbranched alkanes of at least 4 members (excludes halogenated alkanes) is 1. The SMILES string of the molecule is CCCCC(CNCCOC)c1cccc(C)c1. The van der Waals surface area contributed by atoms with Crippen molar-refractivity contribution >= 4 is 0 Å². The van der Waals surface area contributed by atoms with Crippen molar-refractivity contribution < 1.29 is 4.74 Å². The van der Waals surface area contributed by atoms with Crippen LogP contribution >= 0.6 is 0 Å². The Morgan fingerprint density at radius 3 is 2.83 bits per heavy atom. The van der Waals surface area contributed by atoms with E-state index < -0.39 is 0 Å². The van der Waals surface area contributed by atoms with Gasteiger partial charge in [0.2, 0.25) is 0 Å². The molecule has 1 rings (SSSR count). The number of nitrogens with one attached hydrogen (secondary N) is 1. The van der Waals surface area contributed by atoms with Crippen LogP contribution in [0.3, 0.4) is 0 Å². The molecular formula is C16H27NO. The number of ether oxygens (including phenoxy) is 1. The lowest BCUT2D eigenvalue weighted by Crippen LogP contribution is -2.25. The third kappa shape index (κ3) is 5.65. The van der Waals surface area contributed by atoms with Gasteiger partial charge in [0.1, 0.15) is 0 Å². The summed E-state index contributed by atoms with van der Waals surface area (Å²) in [4.78, 5) is 0. The van der Waals surface area contributed by atoms with Crippen molar-refractivity contribution in [2.24, 2.45) is 0 Å². The van der Waals surface area contributed by atoms with Gasteiger partial charge in [-0.1, -0.05) is 49.6 Å². The molecule has 0 amide bonds. The number of rotatable bonds is 9. The third-order valence-electron chi connectivity index (χ3n) is 3.29. The summed E-state index contributed by atoms with van der Waals surface area (Å²) in [7, 11) is 1.75. The molecule has 0 bridgehead atoms. The maximum Gasteiger partial charge on any atom is 0.0587 e. The minimum Gasteiger partial charge on any atom is -0.383 e. The largest absolute Gasteiger partial charge is 0.383 e. The molecule has 0 aromatic heterocycles. The summed E-state index contributed by atoms with van der Waals surface area (Å²) in [6, 6.07) is 8.90. The molecule has 102 valence electrons. The molecule has 1 unspecified atom stereocenters. The van der Waals surface area contributed by atoms with Crippen molar-refractivity contribution in [3.8, 4) is 0 Å². The Bertz CT molecular complexity index is 325. The van der Waals surface area contributed by atoms with Crippen LogP contribution in [0, 0.1) is 6.92 Å². The van der Waals surface area contributed by atoms with Crippen molar-refractivity contribution in [2.45, 2.75) is 39.0 Å². The van der Waals surface area contributed by atoms with E-state index in [1.807, 2.05) is 0 Å². The minimum absolute atomic E-state index is 0.627. The zero-order valence-corrected chi connectivity index (χ0v) is 12.0. The Hall–Kier alpha value is -0.860. The van der Waals surface area contributed by atoms with Gasteiger partial charge in [0, 0.05) is 20.2 Å². The molecule has 18 heavy (non-hydrogen) atoms. The third-order valence-corrected chi connectivity index (χ3v) is 3.29. The standard InChI is InChI=1S/C16H27NO/c1-4-5-8-16(13-17-10-11-18-3)15-9-6-7-14(2)12-15/h6-7,9,12,16-17H,4-5,8,10-11,13H2,1-3H3. The highest BCUT2D eigenvalue weighted by Gasteiger charge is 2.10. The van der Waals surface area contributed by atoms with Gasteiger partial charge in [-0.3, -0.25) is 0 Å². The number of aryl methyl sites for hydroxylation is 1. The van der Waals surface area contributed by atoms with Crippen LogP contribution < -0.4 is 5.32 Å². The molecule has 1 N–H and O–H groups in total. The zero-order valence-electron chi connectivity index (χ0n) is 12.0. The van der Waals surface area contributed by atoms with Crippen LogP contribution in [0.1, 0.15) is 43.2 Å². The second kappa shape index (κ2) is 9.12. The van der Waals surface area contributed by atoms with Crippen LogP contribution in [0.5, 0.6) is 0 Å². The molecule has 0 fully saturated rings. The molecule has 0 aliphatic rings. The lowest BCUT2D eigenvalue weighted by Gasteiger charge is -2.18. The van der Waals surface area contributed by atoms with Crippen molar-refractivity contribution in [3.63, 3.8) is 0 Å². The Morgan fingerprint density at radius 2 is 2.17 bits per heavy atom. The average Bonchev–Trinajstić information content (AvgIpc) is 2.38. The van der Waals surface area contributed by atoms with E-state index in [9.17, 15) is 0 Å². The van der Waals surface area contributed by atoms with Gasteiger partial charge in [-0.2, -0.15) is 0 Å². The van der Waals surface area contributed by atoms with Crippen molar-refractivity contribution in [1.29, 1.82) is 0 Å². The summed E-state index contributed by atoms with van der Waals surface area (Å²) >= 11 is 0. The van der Waals surface area contributed by atoms with Gasteiger partial charge >= 0.3 is 0 Å². The number of hydrogen-bond acceptors (Lipinski definition) is 2. The van der Waals surface area contributed by atoms with Crippen LogP contribution in [0.4, 0.5) is 0 Å². The predicted octanol–water partition coefficient (Wildman–Crippen LogP) is 3.50. The molecule has 0 saturated carbocycles. The summed E-state index contributed by atoms with van der Waals surface area (Å²) in [6.45, 7) is 7.19.